The van der Waals surface area contributed by atoms with Crippen LogP contribution >= 0.6 is 0 Å². The molecule has 1 aliphatic rings. The van der Waals surface area contributed by atoms with Gasteiger partial charge in [-0.2, -0.15) is 0 Å². The molecule has 2 aromatic rings. The number of nitrogen functional groups attached to an aromatic ring is 1. The van der Waals surface area contributed by atoms with Crippen molar-refractivity contribution in [1.29, 1.82) is 0 Å². The minimum atomic E-state index is 0.294. The zero-order valence-electron chi connectivity index (χ0n) is 12.5. The predicted molar refractivity (Wildman–Crippen MR) is 80.8 cm³/mol. The number of anilines is 1. The van der Waals surface area contributed by atoms with Crippen LogP contribution in [0.5, 0.6) is 5.75 Å². The van der Waals surface area contributed by atoms with Crippen LogP contribution in [0.3, 0.4) is 0 Å². The molecule has 0 amide bonds. The van der Waals surface area contributed by atoms with Gasteiger partial charge in [0.1, 0.15) is 5.75 Å². The number of nitrogens with two attached hydrogens (primary N) is 1. The van der Waals surface area contributed by atoms with Gasteiger partial charge in [-0.3, -0.25) is 0 Å². The van der Waals surface area contributed by atoms with Gasteiger partial charge >= 0.3 is 0 Å². The SMILES string of the molecule is COc1ccc(-c2nnnn2CC2(C)CCCC2)cc1N. The molecular weight excluding hydrogens is 266 g/mol. The molecule has 21 heavy (non-hydrogen) atoms. The van der Waals surface area contributed by atoms with Crippen LogP contribution in [0.15, 0.2) is 18.2 Å². The van der Waals surface area contributed by atoms with Gasteiger partial charge < -0.3 is 10.5 Å². The van der Waals surface area contributed by atoms with Gasteiger partial charge in [0.15, 0.2) is 5.82 Å². The Labute approximate surface area is 124 Å². The second kappa shape index (κ2) is 5.35. The lowest BCUT2D eigenvalue weighted by molar-refractivity contribution is 0.267. The Kier molecular flexibility index (Phi) is 3.53. The molecule has 1 fully saturated rings. The molecule has 1 aromatic carbocycles. The Bertz CT molecular complexity index is 631. The van der Waals surface area contributed by atoms with Crippen molar-refractivity contribution >= 4 is 5.69 Å². The number of benzene rings is 1. The molecule has 1 heterocycles. The molecular formula is C15H21N5O. The fourth-order valence-corrected chi connectivity index (χ4v) is 3.14. The second-order valence-corrected chi connectivity index (χ2v) is 6.13. The fourth-order valence-electron chi connectivity index (χ4n) is 3.14. The first-order chi connectivity index (χ1) is 10.1. The maximum Gasteiger partial charge on any atom is 0.182 e. The molecule has 1 aromatic heterocycles. The number of methoxy groups -OCH3 is 1. The van der Waals surface area contributed by atoms with E-state index in [1.807, 2.05) is 22.9 Å². The van der Waals surface area contributed by atoms with E-state index in [2.05, 4.69) is 22.4 Å². The van der Waals surface area contributed by atoms with E-state index in [9.17, 15) is 0 Å². The zero-order chi connectivity index (χ0) is 14.9. The van der Waals surface area contributed by atoms with Crippen LogP contribution in [-0.2, 0) is 6.54 Å². The number of hydrogen-bond acceptors (Lipinski definition) is 5. The predicted octanol–water partition coefficient (Wildman–Crippen LogP) is 2.51. The van der Waals surface area contributed by atoms with E-state index >= 15 is 0 Å². The Balaban J connectivity index is 1.90. The molecule has 0 spiro atoms. The van der Waals surface area contributed by atoms with E-state index in [0.717, 1.165) is 17.9 Å². The van der Waals surface area contributed by atoms with Crippen LogP contribution in [0.2, 0.25) is 0 Å². The van der Waals surface area contributed by atoms with Crippen molar-refractivity contribution in [1.82, 2.24) is 20.2 Å². The van der Waals surface area contributed by atoms with Gasteiger partial charge in [0.25, 0.3) is 0 Å². The van der Waals surface area contributed by atoms with Crippen LogP contribution in [0.4, 0.5) is 5.69 Å². The monoisotopic (exact) mass is 287 g/mol. The van der Waals surface area contributed by atoms with E-state index in [0.29, 0.717) is 16.9 Å². The van der Waals surface area contributed by atoms with Gasteiger partial charge in [0, 0.05) is 5.56 Å². The van der Waals surface area contributed by atoms with E-state index in [1.165, 1.54) is 25.7 Å². The van der Waals surface area contributed by atoms with Crippen molar-refractivity contribution in [3.63, 3.8) is 0 Å². The lowest BCUT2D eigenvalue weighted by Gasteiger charge is -2.23. The van der Waals surface area contributed by atoms with Crippen molar-refractivity contribution < 1.29 is 4.74 Å². The summed E-state index contributed by atoms with van der Waals surface area (Å²) in [6.07, 6.45) is 5.06. The first-order valence-electron chi connectivity index (χ1n) is 7.31. The summed E-state index contributed by atoms with van der Waals surface area (Å²) in [5, 5.41) is 12.2. The molecule has 0 bridgehead atoms. The Morgan fingerprint density at radius 1 is 1.33 bits per heavy atom. The zero-order valence-corrected chi connectivity index (χ0v) is 12.5. The molecule has 0 radical (unpaired) electrons. The highest BCUT2D eigenvalue weighted by Gasteiger charge is 2.30. The highest BCUT2D eigenvalue weighted by atomic mass is 16.5. The van der Waals surface area contributed by atoms with Crippen LogP contribution in [0.1, 0.15) is 32.6 Å². The van der Waals surface area contributed by atoms with E-state index in [1.54, 1.807) is 7.11 Å². The van der Waals surface area contributed by atoms with Crippen LogP contribution < -0.4 is 10.5 Å². The minimum absolute atomic E-state index is 0.294. The van der Waals surface area contributed by atoms with Crippen molar-refractivity contribution in [2.75, 3.05) is 12.8 Å². The largest absolute Gasteiger partial charge is 0.495 e. The summed E-state index contributed by atoms with van der Waals surface area (Å²) in [6, 6.07) is 5.65. The van der Waals surface area contributed by atoms with Crippen LogP contribution in [0.25, 0.3) is 11.4 Å². The summed E-state index contributed by atoms with van der Waals surface area (Å²) in [6.45, 7) is 3.16. The summed E-state index contributed by atoms with van der Waals surface area (Å²) >= 11 is 0. The van der Waals surface area contributed by atoms with E-state index < -0.39 is 0 Å². The third kappa shape index (κ3) is 2.70. The molecule has 6 nitrogen and oxygen atoms in total. The molecule has 6 heteroatoms. The smallest absolute Gasteiger partial charge is 0.182 e. The van der Waals surface area contributed by atoms with Crippen LogP contribution in [-0.4, -0.2) is 27.3 Å². The number of hydrogen-bond donors (Lipinski definition) is 1. The lowest BCUT2D eigenvalue weighted by Crippen LogP contribution is -2.21. The molecule has 1 saturated carbocycles. The molecule has 0 aliphatic heterocycles. The van der Waals surface area contributed by atoms with Crippen molar-refractivity contribution in [2.24, 2.45) is 5.41 Å². The number of rotatable bonds is 4. The molecule has 0 atom stereocenters. The minimum Gasteiger partial charge on any atom is -0.495 e. The first kappa shape index (κ1) is 13.9. The number of ether oxygens (including phenoxy) is 1. The maximum atomic E-state index is 5.97. The van der Waals surface area contributed by atoms with Gasteiger partial charge in [-0.05, 0) is 46.9 Å². The average molecular weight is 287 g/mol. The number of tetrazole rings is 1. The van der Waals surface area contributed by atoms with Crippen molar-refractivity contribution in [2.45, 2.75) is 39.2 Å². The summed E-state index contributed by atoms with van der Waals surface area (Å²) in [5.41, 5.74) is 7.78. The topological polar surface area (TPSA) is 78.9 Å². The van der Waals surface area contributed by atoms with Crippen LogP contribution in [0, 0.1) is 5.41 Å². The number of aromatic nitrogens is 4. The summed E-state index contributed by atoms with van der Waals surface area (Å²) < 4.78 is 7.08. The fraction of sp³-hybridized carbons (Fsp3) is 0.533. The highest BCUT2D eigenvalue weighted by molar-refractivity contribution is 5.66. The Hall–Kier alpha value is -2.11. The van der Waals surface area contributed by atoms with Gasteiger partial charge in [0.05, 0.1) is 19.3 Å². The molecule has 0 unspecified atom stereocenters. The van der Waals surface area contributed by atoms with Crippen molar-refractivity contribution in [3.8, 4) is 17.1 Å². The quantitative estimate of drug-likeness (QED) is 0.874. The molecule has 112 valence electrons. The summed E-state index contributed by atoms with van der Waals surface area (Å²) in [4.78, 5) is 0. The highest BCUT2D eigenvalue weighted by Crippen LogP contribution is 2.39. The summed E-state index contributed by atoms with van der Waals surface area (Å²) in [7, 11) is 1.61. The van der Waals surface area contributed by atoms with E-state index in [-0.39, 0.29) is 0 Å². The third-order valence-corrected chi connectivity index (χ3v) is 4.36. The average Bonchev–Trinajstić information content (AvgIpc) is 3.08. The van der Waals surface area contributed by atoms with E-state index in [4.69, 9.17) is 10.5 Å². The van der Waals surface area contributed by atoms with Gasteiger partial charge in [0.2, 0.25) is 0 Å². The first-order valence-corrected chi connectivity index (χ1v) is 7.31. The van der Waals surface area contributed by atoms with Crippen molar-refractivity contribution in [3.05, 3.63) is 18.2 Å². The standard InChI is InChI=1S/C15H21N5O/c1-15(7-3-4-8-15)10-20-14(17-18-19-20)11-5-6-13(21-2)12(16)9-11/h5-6,9H,3-4,7-8,10,16H2,1-2H3. The number of nitrogens with zero attached hydrogens (tertiary/aromatic N) is 4. The second-order valence-electron chi connectivity index (χ2n) is 6.13. The maximum absolute atomic E-state index is 5.97. The van der Waals surface area contributed by atoms with Gasteiger partial charge in [-0.15, -0.1) is 5.10 Å². The third-order valence-electron chi connectivity index (χ3n) is 4.36. The summed E-state index contributed by atoms with van der Waals surface area (Å²) in [5.74, 6) is 1.43. The van der Waals surface area contributed by atoms with Gasteiger partial charge in [-0.1, -0.05) is 19.8 Å². The lowest BCUT2D eigenvalue weighted by atomic mass is 9.89. The Morgan fingerprint density at radius 3 is 2.76 bits per heavy atom. The normalized spacial score (nSPS) is 17.0. The Morgan fingerprint density at radius 2 is 2.10 bits per heavy atom. The molecule has 0 saturated heterocycles. The molecule has 2 N–H and O–H groups in total. The van der Waals surface area contributed by atoms with Gasteiger partial charge in [-0.25, -0.2) is 4.68 Å². The molecule has 3 rings (SSSR count). The molecule has 1 aliphatic carbocycles.